The minimum absolute atomic E-state index is 0.127. The van der Waals surface area contributed by atoms with Crippen LogP contribution in [-0.4, -0.2) is 45.9 Å². The van der Waals surface area contributed by atoms with E-state index in [0.717, 1.165) is 12.1 Å². The van der Waals surface area contributed by atoms with Gasteiger partial charge in [0.2, 0.25) is 17.5 Å². The van der Waals surface area contributed by atoms with Crippen molar-refractivity contribution in [1.82, 2.24) is 20.3 Å². The molecule has 1 aliphatic heterocycles. The minimum Gasteiger partial charge on any atom is -0.423 e. The summed E-state index contributed by atoms with van der Waals surface area (Å²) >= 11 is 0. The molecule has 1 amide bonds. The average molecular weight is 348 g/mol. The molecule has 2 atom stereocenters. The van der Waals surface area contributed by atoms with E-state index >= 15 is 0 Å². The number of nitrogens with zero attached hydrogens (tertiary/aromatic N) is 4. The average Bonchev–Trinajstić information content (AvgIpc) is 3.30. The topological polar surface area (TPSA) is 94.5 Å². The standard InChI is InChI=1S/C17H24N4O4/c1-5-11(4)12-8-14(25-20-12)17(22)21-6-7-23-9-13(21)16-19-18-15(24-16)10(2)3/h8,10-11,13H,5-7,9H2,1-4H3/t11-,13-/m0/s1. The molecule has 0 bridgehead atoms. The molecule has 0 aliphatic carbocycles. The third-order valence-electron chi connectivity index (χ3n) is 4.48. The van der Waals surface area contributed by atoms with Crippen LogP contribution < -0.4 is 0 Å². The van der Waals surface area contributed by atoms with E-state index in [9.17, 15) is 4.79 Å². The quantitative estimate of drug-likeness (QED) is 0.820. The van der Waals surface area contributed by atoms with Crippen LogP contribution in [0.1, 0.15) is 80.0 Å². The Morgan fingerprint density at radius 1 is 1.36 bits per heavy atom. The van der Waals surface area contributed by atoms with Gasteiger partial charge in [-0.3, -0.25) is 4.79 Å². The number of carbonyl (C=O) groups excluding carboxylic acids is 1. The van der Waals surface area contributed by atoms with E-state index in [4.69, 9.17) is 13.7 Å². The van der Waals surface area contributed by atoms with Crippen molar-refractivity contribution in [2.24, 2.45) is 0 Å². The maximum Gasteiger partial charge on any atom is 0.293 e. The van der Waals surface area contributed by atoms with Crippen LogP contribution in [0.5, 0.6) is 0 Å². The predicted molar refractivity (Wildman–Crippen MR) is 88.2 cm³/mol. The van der Waals surface area contributed by atoms with Crippen molar-refractivity contribution in [3.8, 4) is 0 Å². The van der Waals surface area contributed by atoms with Crippen molar-refractivity contribution in [1.29, 1.82) is 0 Å². The molecular formula is C17H24N4O4. The van der Waals surface area contributed by atoms with Gasteiger partial charge in [-0.05, 0) is 6.42 Å². The minimum atomic E-state index is -0.418. The summed E-state index contributed by atoms with van der Waals surface area (Å²) < 4.78 is 16.5. The second kappa shape index (κ2) is 7.35. The summed E-state index contributed by atoms with van der Waals surface area (Å²) in [4.78, 5) is 14.5. The molecule has 0 aromatic carbocycles. The van der Waals surface area contributed by atoms with Crippen molar-refractivity contribution in [3.63, 3.8) is 0 Å². The molecule has 136 valence electrons. The molecule has 2 aromatic rings. The van der Waals surface area contributed by atoms with Crippen molar-refractivity contribution < 1.29 is 18.5 Å². The number of ether oxygens (including phenoxy) is 1. The van der Waals surface area contributed by atoms with E-state index in [2.05, 4.69) is 29.2 Å². The maximum atomic E-state index is 12.9. The first kappa shape index (κ1) is 17.6. The summed E-state index contributed by atoms with van der Waals surface area (Å²) in [5, 5.41) is 12.2. The number of morpholine rings is 1. The first-order valence-corrected chi connectivity index (χ1v) is 8.69. The van der Waals surface area contributed by atoms with Crippen LogP contribution in [0.15, 0.2) is 15.0 Å². The van der Waals surface area contributed by atoms with Crippen molar-refractivity contribution >= 4 is 5.91 Å². The van der Waals surface area contributed by atoms with Crippen LogP contribution in [0, 0.1) is 0 Å². The molecule has 1 aliphatic rings. The Kier molecular flexibility index (Phi) is 5.17. The van der Waals surface area contributed by atoms with Gasteiger partial charge in [-0.15, -0.1) is 10.2 Å². The summed E-state index contributed by atoms with van der Waals surface area (Å²) in [6.07, 6.45) is 0.931. The number of aromatic nitrogens is 3. The fourth-order valence-electron chi connectivity index (χ4n) is 2.64. The van der Waals surface area contributed by atoms with Gasteiger partial charge in [0.05, 0.1) is 18.9 Å². The summed E-state index contributed by atoms with van der Waals surface area (Å²) in [7, 11) is 0. The first-order valence-electron chi connectivity index (χ1n) is 8.69. The van der Waals surface area contributed by atoms with Gasteiger partial charge in [0, 0.05) is 24.4 Å². The van der Waals surface area contributed by atoms with Crippen LogP contribution in [0.25, 0.3) is 0 Å². The van der Waals surface area contributed by atoms with Crippen molar-refractivity contribution in [3.05, 3.63) is 29.3 Å². The van der Waals surface area contributed by atoms with Crippen LogP contribution in [-0.2, 0) is 4.74 Å². The Morgan fingerprint density at radius 3 is 2.84 bits per heavy atom. The Bertz CT molecular complexity index is 724. The second-order valence-corrected chi connectivity index (χ2v) is 6.65. The van der Waals surface area contributed by atoms with Gasteiger partial charge < -0.3 is 18.6 Å². The number of carbonyl (C=O) groups is 1. The molecule has 2 aromatic heterocycles. The predicted octanol–water partition coefficient (Wildman–Crippen LogP) is 2.91. The molecule has 0 N–H and O–H groups in total. The Hall–Kier alpha value is -2.22. The van der Waals surface area contributed by atoms with Crippen LogP contribution in [0.3, 0.4) is 0 Å². The molecule has 0 unspecified atom stereocenters. The molecule has 1 saturated heterocycles. The molecule has 8 heteroatoms. The van der Waals surface area contributed by atoms with Crippen molar-refractivity contribution in [2.45, 2.75) is 52.0 Å². The highest BCUT2D eigenvalue weighted by atomic mass is 16.5. The van der Waals surface area contributed by atoms with E-state index in [1.54, 1.807) is 11.0 Å². The van der Waals surface area contributed by atoms with Crippen molar-refractivity contribution in [2.75, 3.05) is 19.8 Å². The van der Waals surface area contributed by atoms with E-state index in [0.29, 0.717) is 31.5 Å². The van der Waals surface area contributed by atoms with E-state index < -0.39 is 6.04 Å². The number of amides is 1. The van der Waals surface area contributed by atoms with E-state index in [-0.39, 0.29) is 23.5 Å². The number of hydrogen-bond acceptors (Lipinski definition) is 7. The first-order chi connectivity index (χ1) is 12.0. The normalized spacial score (nSPS) is 19.4. The van der Waals surface area contributed by atoms with Gasteiger partial charge in [0.1, 0.15) is 6.04 Å². The van der Waals surface area contributed by atoms with Gasteiger partial charge in [-0.1, -0.05) is 32.9 Å². The third-order valence-corrected chi connectivity index (χ3v) is 4.48. The zero-order chi connectivity index (χ0) is 18.0. The molecule has 0 radical (unpaired) electrons. The lowest BCUT2D eigenvalue weighted by Crippen LogP contribution is -2.43. The monoisotopic (exact) mass is 348 g/mol. The van der Waals surface area contributed by atoms with E-state index in [1.807, 2.05) is 13.8 Å². The lowest BCUT2D eigenvalue weighted by atomic mass is 10.1. The van der Waals surface area contributed by atoms with Gasteiger partial charge in [0.15, 0.2) is 0 Å². The van der Waals surface area contributed by atoms with Gasteiger partial charge >= 0.3 is 0 Å². The zero-order valence-electron chi connectivity index (χ0n) is 15.1. The molecule has 1 fully saturated rings. The number of rotatable bonds is 5. The zero-order valence-corrected chi connectivity index (χ0v) is 15.1. The number of hydrogen-bond donors (Lipinski definition) is 0. The summed E-state index contributed by atoms with van der Waals surface area (Å²) in [5.41, 5.74) is 0.788. The molecule has 3 heterocycles. The fourth-order valence-corrected chi connectivity index (χ4v) is 2.64. The van der Waals surface area contributed by atoms with E-state index in [1.165, 1.54) is 0 Å². The molecule has 8 nitrogen and oxygen atoms in total. The molecule has 0 saturated carbocycles. The van der Waals surface area contributed by atoms with Gasteiger partial charge in [-0.25, -0.2) is 0 Å². The highest BCUT2D eigenvalue weighted by molar-refractivity contribution is 5.91. The summed E-state index contributed by atoms with van der Waals surface area (Å²) in [6, 6.07) is 1.30. The highest BCUT2D eigenvalue weighted by Crippen LogP contribution is 2.27. The highest BCUT2D eigenvalue weighted by Gasteiger charge is 2.35. The Labute approximate surface area is 146 Å². The lowest BCUT2D eigenvalue weighted by molar-refractivity contribution is -0.0125. The van der Waals surface area contributed by atoms with Crippen LogP contribution in [0.4, 0.5) is 0 Å². The van der Waals surface area contributed by atoms with Gasteiger partial charge in [-0.2, -0.15) is 0 Å². The fraction of sp³-hybridized carbons (Fsp3) is 0.647. The summed E-state index contributed by atoms with van der Waals surface area (Å²) in [5.74, 6) is 1.30. The largest absolute Gasteiger partial charge is 0.423 e. The maximum absolute atomic E-state index is 12.9. The lowest BCUT2D eigenvalue weighted by Gasteiger charge is -2.32. The molecular weight excluding hydrogens is 324 g/mol. The smallest absolute Gasteiger partial charge is 0.293 e. The van der Waals surface area contributed by atoms with Gasteiger partial charge in [0.25, 0.3) is 5.91 Å². The van der Waals surface area contributed by atoms with Crippen LogP contribution in [0.2, 0.25) is 0 Å². The Morgan fingerprint density at radius 2 is 2.16 bits per heavy atom. The third kappa shape index (κ3) is 3.58. The molecule has 25 heavy (non-hydrogen) atoms. The molecule has 0 spiro atoms. The Balaban J connectivity index is 1.82. The second-order valence-electron chi connectivity index (χ2n) is 6.65. The SMILES string of the molecule is CC[C@H](C)c1cc(C(=O)N2CCOC[C@H]2c2nnc(C(C)C)o2)on1. The summed E-state index contributed by atoms with van der Waals surface area (Å²) in [6.45, 7) is 9.28. The van der Waals surface area contributed by atoms with Crippen LogP contribution >= 0.6 is 0 Å². The molecule has 3 rings (SSSR count).